The summed E-state index contributed by atoms with van der Waals surface area (Å²) >= 11 is 11.2. The molecular formula is C6H4Cl2NO. The first-order valence-electron chi connectivity index (χ1n) is 2.58. The van der Waals surface area contributed by atoms with E-state index < -0.39 is 0 Å². The van der Waals surface area contributed by atoms with Crippen molar-refractivity contribution >= 4 is 28.9 Å². The van der Waals surface area contributed by atoms with Gasteiger partial charge in [0.15, 0.2) is 0 Å². The number of anilines is 1. The summed E-state index contributed by atoms with van der Waals surface area (Å²) in [6.45, 7) is 0. The van der Waals surface area contributed by atoms with Crippen LogP contribution in [0.4, 0.5) is 5.69 Å². The van der Waals surface area contributed by atoms with Crippen molar-refractivity contribution < 1.29 is 5.21 Å². The van der Waals surface area contributed by atoms with Gasteiger partial charge in [-0.05, 0) is 12.1 Å². The van der Waals surface area contributed by atoms with Crippen LogP contribution in [-0.2, 0) is 5.21 Å². The molecule has 0 fully saturated rings. The molecule has 0 amide bonds. The summed E-state index contributed by atoms with van der Waals surface area (Å²) in [5.41, 5.74) is 1.97. The Balaban J connectivity index is 3.14. The fourth-order valence-corrected chi connectivity index (χ4v) is 0.922. The van der Waals surface area contributed by atoms with Gasteiger partial charge in [-0.3, -0.25) is 0 Å². The minimum Gasteiger partial charge on any atom is -0.232 e. The lowest BCUT2D eigenvalue weighted by atomic mass is 10.3. The van der Waals surface area contributed by atoms with Gasteiger partial charge in [0.2, 0.25) is 0 Å². The molecule has 0 atom stereocenters. The van der Waals surface area contributed by atoms with Crippen LogP contribution in [0.25, 0.3) is 0 Å². The average molecular weight is 177 g/mol. The van der Waals surface area contributed by atoms with Crippen molar-refractivity contribution in [3.63, 3.8) is 0 Å². The summed E-state index contributed by atoms with van der Waals surface area (Å²) in [5, 5.41) is 10.8. The number of benzene rings is 1. The predicted molar refractivity (Wildman–Crippen MR) is 40.8 cm³/mol. The van der Waals surface area contributed by atoms with Crippen LogP contribution >= 0.6 is 23.2 Å². The Morgan fingerprint density at radius 1 is 1.30 bits per heavy atom. The Kier molecular flexibility index (Phi) is 2.38. The molecule has 0 saturated carbocycles. The van der Waals surface area contributed by atoms with Crippen molar-refractivity contribution in [2.75, 3.05) is 5.48 Å². The van der Waals surface area contributed by atoms with E-state index in [0.29, 0.717) is 10.7 Å². The molecule has 0 unspecified atom stereocenters. The monoisotopic (exact) mass is 176 g/mol. The van der Waals surface area contributed by atoms with Gasteiger partial charge >= 0.3 is 0 Å². The van der Waals surface area contributed by atoms with Crippen LogP contribution in [0.5, 0.6) is 0 Å². The Hall–Kier alpha value is -0.440. The fraction of sp³-hybridized carbons (Fsp3) is 0. The topological polar surface area (TPSA) is 31.9 Å². The third kappa shape index (κ3) is 1.34. The third-order valence-electron chi connectivity index (χ3n) is 1.06. The number of hydrogen-bond donors (Lipinski definition) is 1. The van der Waals surface area contributed by atoms with Gasteiger partial charge in [-0.25, -0.2) is 5.48 Å². The van der Waals surface area contributed by atoms with Crippen molar-refractivity contribution in [1.82, 2.24) is 0 Å². The van der Waals surface area contributed by atoms with Crippen LogP contribution in [0.3, 0.4) is 0 Å². The molecule has 1 aromatic carbocycles. The van der Waals surface area contributed by atoms with Crippen LogP contribution in [0.1, 0.15) is 0 Å². The van der Waals surface area contributed by atoms with Crippen LogP contribution in [-0.4, -0.2) is 0 Å². The number of rotatable bonds is 1. The van der Waals surface area contributed by atoms with Gasteiger partial charge in [0.05, 0.1) is 15.7 Å². The zero-order valence-electron chi connectivity index (χ0n) is 4.90. The molecule has 1 radical (unpaired) electrons. The quantitative estimate of drug-likeness (QED) is 0.657. The molecule has 0 saturated heterocycles. The molecule has 0 bridgehead atoms. The van der Waals surface area contributed by atoms with Crippen LogP contribution in [0, 0.1) is 0 Å². The van der Waals surface area contributed by atoms with Crippen molar-refractivity contribution in [2.45, 2.75) is 0 Å². The van der Waals surface area contributed by atoms with Gasteiger partial charge in [0, 0.05) is 0 Å². The zero-order chi connectivity index (χ0) is 7.56. The lowest BCUT2D eigenvalue weighted by Gasteiger charge is -1.99. The third-order valence-corrected chi connectivity index (χ3v) is 1.88. The van der Waals surface area contributed by atoms with E-state index in [9.17, 15) is 5.21 Å². The maximum Gasteiger partial charge on any atom is 0.0847 e. The second-order valence-electron chi connectivity index (χ2n) is 1.70. The van der Waals surface area contributed by atoms with Crippen molar-refractivity contribution in [2.24, 2.45) is 0 Å². The predicted octanol–water partition coefficient (Wildman–Crippen LogP) is 2.75. The summed E-state index contributed by atoms with van der Waals surface area (Å²) in [6.07, 6.45) is 0. The van der Waals surface area contributed by atoms with E-state index in [-0.39, 0.29) is 5.02 Å². The molecule has 0 aliphatic carbocycles. The standard InChI is InChI=1S/C6H4Cl2NO/c7-4-2-1-3-5(9-10)6(4)8/h1-3,9H. The Bertz CT molecular complexity index is 239. The number of hydrogen-bond acceptors (Lipinski definition) is 1. The Morgan fingerprint density at radius 3 is 2.50 bits per heavy atom. The molecular weight excluding hydrogens is 173 g/mol. The molecule has 0 spiro atoms. The van der Waals surface area contributed by atoms with Crippen molar-refractivity contribution in [3.05, 3.63) is 28.2 Å². The lowest BCUT2D eigenvalue weighted by Crippen LogP contribution is -1.86. The SMILES string of the molecule is [O]Nc1cccc(Cl)c1Cl. The molecule has 1 N–H and O–H groups in total. The highest BCUT2D eigenvalue weighted by atomic mass is 35.5. The largest absolute Gasteiger partial charge is 0.232 e. The van der Waals surface area contributed by atoms with Gasteiger partial charge in [-0.1, -0.05) is 34.5 Å². The molecule has 10 heavy (non-hydrogen) atoms. The van der Waals surface area contributed by atoms with E-state index in [1.54, 1.807) is 23.7 Å². The van der Waals surface area contributed by atoms with E-state index in [0.717, 1.165) is 0 Å². The van der Waals surface area contributed by atoms with Crippen molar-refractivity contribution in [1.29, 1.82) is 0 Å². The van der Waals surface area contributed by atoms with Gasteiger partial charge < -0.3 is 0 Å². The van der Waals surface area contributed by atoms with E-state index >= 15 is 0 Å². The van der Waals surface area contributed by atoms with E-state index in [1.807, 2.05) is 0 Å². The van der Waals surface area contributed by atoms with Gasteiger partial charge in [0.25, 0.3) is 0 Å². The van der Waals surface area contributed by atoms with E-state index in [1.165, 1.54) is 0 Å². The smallest absolute Gasteiger partial charge is 0.0847 e. The first-order chi connectivity index (χ1) is 4.75. The molecule has 1 rings (SSSR count). The second-order valence-corrected chi connectivity index (χ2v) is 2.49. The number of nitrogens with one attached hydrogen (secondary N) is 1. The summed E-state index contributed by atoms with van der Waals surface area (Å²) in [6, 6.07) is 4.82. The molecule has 0 aliphatic rings. The molecule has 1 aromatic rings. The van der Waals surface area contributed by atoms with Crippen molar-refractivity contribution in [3.8, 4) is 0 Å². The lowest BCUT2D eigenvalue weighted by molar-refractivity contribution is 0.274. The highest BCUT2D eigenvalue weighted by molar-refractivity contribution is 6.43. The van der Waals surface area contributed by atoms with E-state index in [4.69, 9.17) is 23.2 Å². The molecule has 0 aromatic heterocycles. The second kappa shape index (κ2) is 3.10. The fourth-order valence-electron chi connectivity index (χ4n) is 0.583. The highest BCUT2D eigenvalue weighted by Crippen LogP contribution is 2.28. The van der Waals surface area contributed by atoms with Gasteiger partial charge in [-0.2, -0.15) is 0 Å². The summed E-state index contributed by atoms with van der Waals surface area (Å²) in [4.78, 5) is 0. The van der Waals surface area contributed by atoms with Crippen LogP contribution in [0.15, 0.2) is 18.2 Å². The van der Waals surface area contributed by atoms with Gasteiger partial charge in [-0.15, -0.1) is 0 Å². The average Bonchev–Trinajstić information content (AvgIpc) is 1.95. The molecule has 0 aliphatic heterocycles. The maximum atomic E-state index is 10.1. The molecule has 0 heterocycles. The number of halogens is 2. The minimum absolute atomic E-state index is 0.263. The van der Waals surface area contributed by atoms with E-state index in [2.05, 4.69) is 0 Å². The van der Waals surface area contributed by atoms with Crippen LogP contribution < -0.4 is 5.48 Å². The van der Waals surface area contributed by atoms with Crippen LogP contribution in [0.2, 0.25) is 10.0 Å². The minimum atomic E-state index is 0.263. The summed E-state index contributed by atoms with van der Waals surface area (Å²) < 4.78 is 0. The summed E-state index contributed by atoms with van der Waals surface area (Å²) in [5.74, 6) is 0. The maximum absolute atomic E-state index is 10.1. The zero-order valence-corrected chi connectivity index (χ0v) is 6.41. The summed E-state index contributed by atoms with van der Waals surface area (Å²) in [7, 11) is 0. The molecule has 53 valence electrons. The molecule has 2 nitrogen and oxygen atoms in total. The van der Waals surface area contributed by atoms with Gasteiger partial charge in [0.1, 0.15) is 0 Å². The Morgan fingerprint density at radius 2 is 2.00 bits per heavy atom. The highest BCUT2D eigenvalue weighted by Gasteiger charge is 2.01. The first-order valence-corrected chi connectivity index (χ1v) is 3.33. The molecule has 4 heteroatoms. The Labute approximate surface area is 68.3 Å². The first kappa shape index (κ1) is 7.66. The normalized spacial score (nSPS) is 9.50.